The molecule has 0 spiro atoms. The number of rotatable bonds is 4. The Hall–Kier alpha value is -1.20. The van der Waals surface area contributed by atoms with Crippen LogP contribution in [-0.4, -0.2) is 14.8 Å². The molecule has 0 saturated carbocycles. The minimum Gasteiger partial charge on any atom is -0.306 e. The number of nitrogens with zero attached hydrogens (tertiary/aromatic N) is 3. The normalized spacial score (nSPS) is 10.6. The third-order valence-corrected chi connectivity index (χ3v) is 2.75. The Morgan fingerprint density at radius 3 is 2.88 bits per heavy atom. The molecule has 2 heterocycles. The first-order chi connectivity index (χ1) is 7.75. The summed E-state index contributed by atoms with van der Waals surface area (Å²) in [7, 11) is 1.94. The minimum absolute atomic E-state index is 0.755. The zero-order valence-electron chi connectivity index (χ0n) is 9.02. The van der Waals surface area contributed by atoms with Gasteiger partial charge in [0.2, 0.25) is 0 Å². The second kappa shape index (κ2) is 5.23. The maximum Gasteiger partial charge on any atom is 0.106 e. The van der Waals surface area contributed by atoms with Gasteiger partial charge >= 0.3 is 0 Å². The van der Waals surface area contributed by atoms with Crippen LogP contribution in [0, 0.1) is 0 Å². The third-order valence-electron chi connectivity index (χ3n) is 2.31. The van der Waals surface area contributed by atoms with Crippen molar-refractivity contribution in [1.29, 1.82) is 0 Å². The first-order valence-corrected chi connectivity index (χ1v) is 5.84. The fourth-order valence-corrected chi connectivity index (χ4v) is 1.82. The maximum atomic E-state index is 4.35. The predicted molar refractivity (Wildman–Crippen MR) is 65.7 cm³/mol. The Balaban J connectivity index is 1.87. The summed E-state index contributed by atoms with van der Waals surface area (Å²) in [6.07, 6.45) is 1.80. The van der Waals surface area contributed by atoms with E-state index in [1.54, 1.807) is 6.20 Å². The number of nitrogens with one attached hydrogen (secondary N) is 1. The van der Waals surface area contributed by atoms with Crippen LogP contribution in [0.2, 0.25) is 0 Å². The summed E-state index contributed by atoms with van der Waals surface area (Å²) in [5, 5.41) is 7.44. The van der Waals surface area contributed by atoms with Gasteiger partial charge < -0.3 is 5.32 Å². The van der Waals surface area contributed by atoms with Crippen LogP contribution < -0.4 is 5.32 Å². The summed E-state index contributed by atoms with van der Waals surface area (Å²) in [4.78, 5) is 4.35. The molecule has 5 heteroatoms. The Labute approximate surface area is 103 Å². The standard InChI is InChI=1S/C11H13BrN4/c1-16-10(5-6-14-16)8-13-7-9-3-2-4-11(12)15-9/h2-6,13H,7-8H2,1H3. The molecular formula is C11H13BrN4. The molecule has 0 unspecified atom stereocenters. The summed E-state index contributed by atoms with van der Waals surface area (Å²) in [6, 6.07) is 7.91. The van der Waals surface area contributed by atoms with Crippen LogP contribution in [0.25, 0.3) is 0 Å². The van der Waals surface area contributed by atoms with E-state index in [-0.39, 0.29) is 0 Å². The van der Waals surface area contributed by atoms with E-state index in [0.717, 1.165) is 29.1 Å². The highest BCUT2D eigenvalue weighted by atomic mass is 79.9. The smallest absolute Gasteiger partial charge is 0.106 e. The quantitative estimate of drug-likeness (QED) is 0.870. The third kappa shape index (κ3) is 2.90. The molecule has 84 valence electrons. The summed E-state index contributed by atoms with van der Waals surface area (Å²) in [6.45, 7) is 1.55. The van der Waals surface area contributed by atoms with Crippen LogP contribution in [0.1, 0.15) is 11.4 Å². The lowest BCUT2D eigenvalue weighted by molar-refractivity contribution is 0.619. The fourth-order valence-electron chi connectivity index (χ4n) is 1.44. The van der Waals surface area contributed by atoms with Crippen molar-refractivity contribution in [3.63, 3.8) is 0 Å². The van der Waals surface area contributed by atoms with Crippen LogP contribution >= 0.6 is 15.9 Å². The van der Waals surface area contributed by atoms with Crippen LogP contribution in [0.4, 0.5) is 0 Å². The Morgan fingerprint density at radius 2 is 2.19 bits per heavy atom. The molecule has 0 amide bonds. The van der Waals surface area contributed by atoms with Gasteiger partial charge in [-0.3, -0.25) is 4.68 Å². The van der Waals surface area contributed by atoms with E-state index < -0.39 is 0 Å². The molecule has 0 radical (unpaired) electrons. The molecule has 0 aliphatic heterocycles. The highest BCUT2D eigenvalue weighted by molar-refractivity contribution is 9.10. The molecular weight excluding hydrogens is 268 g/mol. The van der Waals surface area contributed by atoms with E-state index >= 15 is 0 Å². The lowest BCUT2D eigenvalue weighted by Gasteiger charge is -2.05. The molecule has 2 rings (SSSR count). The molecule has 0 saturated heterocycles. The molecule has 16 heavy (non-hydrogen) atoms. The Kier molecular flexibility index (Phi) is 3.69. The van der Waals surface area contributed by atoms with Crippen molar-refractivity contribution in [3.05, 3.63) is 46.5 Å². The average Bonchev–Trinajstić information content (AvgIpc) is 2.65. The van der Waals surface area contributed by atoms with E-state index in [1.807, 2.05) is 36.0 Å². The van der Waals surface area contributed by atoms with E-state index in [9.17, 15) is 0 Å². The van der Waals surface area contributed by atoms with Gasteiger partial charge in [0.1, 0.15) is 4.60 Å². The van der Waals surface area contributed by atoms with E-state index in [2.05, 4.69) is 31.3 Å². The molecule has 0 aromatic carbocycles. The van der Waals surface area contributed by atoms with Gasteiger partial charge in [-0.2, -0.15) is 5.10 Å². The molecule has 4 nitrogen and oxygen atoms in total. The SMILES string of the molecule is Cn1nccc1CNCc1cccc(Br)n1. The molecule has 0 bridgehead atoms. The number of aryl methyl sites for hydroxylation is 1. The average molecular weight is 281 g/mol. The highest BCUT2D eigenvalue weighted by Crippen LogP contribution is 2.06. The second-order valence-electron chi connectivity index (χ2n) is 3.50. The first-order valence-electron chi connectivity index (χ1n) is 5.05. The van der Waals surface area contributed by atoms with Gasteiger partial charge in [0.15, 0.2) is 0 Å². The van der Waals surface area contributed by atoms with Gasteiger partial charge in [-0.25, -0.2) is 4.98 Å². The zero-order chi connectivity index (χ0) is 11.4. The lowest BCUT2D eigenvalue weighted by atomic mass is 10.3. The number of hydrogen-bond donors (Lipinski definition) is 1. The first kappa shape index (κ1) is 11.3. The number of pyridine rings is 1. The second-order valence-corrected chi connectivity index (χ2v) is 4.31. The van der Waals surface area contributed by atoms with Crippen molar-refractivity contribution in [2.24, 2.45) is 7.05 Å². The molecule has 1 N–H and O–H groups in total. The van der Waals surface area contributed by atoms with Gasteiger partial charge in [-0.15, -0.1) is 0 Å². The minimum atomic E-state index is 0.755. The van der Waals surface area contributed by atoms with Gasteiger partial charge in [0.05, 0.1) is 11.4 Å². The van der Waals surface area contributed by atoms with Crippen LogP contribution in [0.3, 0.4) is 0 Å². The number of aromatic nitrogens is 3. The van der Waals surface area contributed by atoms with Crippen molar-refractivity contribution >= 4 is 15.9 Å². The summed E-state index contributed by atoms with van der Waals surface area (Å²) < 4.78 is 2.73. The van der Waals surface area contributed by atoms with E-state index in [0.29, 0.717) is 0 Å². The zero-order valence-corrected chi connectivity index (χ0v) is 10.6. The molecule has 0 aliphatic rings. The molecule has 0 atom stereocenters. The Bertz CT molecular complexity index is 467. The topological polar surface area (TPSA) is 42.7 Å². The van der Waals surface area contributed by atoms with Gasteiger partial charge in [-0.05, 0) is 34.1 Å². The maximum absolute atomic E-state index is 4.35. The predicted octanol–water partition coefficient (Wildman–Crippen LogP) is 1.87. The number of hydrogen-bond acceptors (Lipinski definition) is 3. The molecule has 2 aromatic rings. The van der Waals surface area contributed by atoms with Gasteiger partial charge in [0.25, 0.3) is 0 Å². The largest absolute Gasteiger partial charge is 0.306 e. The monoisotopic (exact) mass is 280 g/mol. The van der Waals surface area contributed by atoms with Crippen LogP contribution in [0.15, 0.2) is 35.1 Å². The van der Waals surface area contributed by atoms with Crippen molar-refractivity contribution in [3.8, 4) is 0 Å². The fraction of sp³-hybridized carbons (Fsp3) is 0.273. The Morgan fingerprint density at radius 1 is 1.31 bits per heavy atom. The lowest BCUT2D eigenvalue weighted by Crippen LogP contribution is -2.16. The number of halogens is 1. The van der Waals surface area contributed by atoms with Crippen molar-refractivity contribution in [2.45, 2.75) is 13.1 Å². The highest BCUT2D eigenvalue weighted by Gasteiger charge is 1.99. The van der Waals surface area contributed by atoms with Gasteiger partial charge in [-0.1, -0.05) is 6.07 Å². The van der Waals surface area contributed by atoms with E-state index in [1.165, 1.54) is 0 Å². The molecule has 0 fully saturated rings. The summed E-state index contributed by atoms with van der Waals surface area (Å²) >= 11 is 3.35. The molecule has 0 aliphatic carbocycles. The van der Waals surface area contributed by atoms with Gasteiger partial charge in [0, 0.05) is 26.3 Å². The summed E-state index contributed by atoms with van der Waals surface area (Å²) in [5.41, 5.74) is 2.19. The van der Waals surface area contributed by atoms with Crippen molar-refractivity contribution in [2.75, 3.05) is 0 Å². The van der Waals surface area contributed by atoms with E-state index in [4.69, 9.17) is 0 Å². The van der Waals surface area contributed by atoms with Crippen LogP contribution in [0.5, 0.6) is 0 Å². The van der Waals surface area contributed by atoms with Crippen LogP contribution in [-0.2, 0) is 20.1 Å². The summed E-state index contributed by atoms with van der Waals surface area (Å²) in [5.74, 6) is 0. The van der Waals surface area contributed by atoms with Crippen molar-refractivity contribution < 1.29 is 0 Å². The molecule has 2 aromatic heterocycles. The van der Waals surface area contributed by atoms with Crippen molar-refractivity contribution in [1.82, 2.24) is 20.1 Å².